The molecule has 0 amide bonds. The van der Waals surface area contributed by atoms with Crippen LogP contribution >= 0.6 is 11.6 Å². The van der Waals surface area contributed by atoms with Crippen molar-refractivity contribution in [2.24, 2.45) is 5.73 Å². The minimum Gasteiger partial charge on any atom is -0.324 e. The van der Waals surface area contributed by atoms with E-state index in [0.29, 0.717) is 0 Å². The second kappa shape index (κ2) is 5.30. The quantitative estimate of drug-likeness (QED) is 0.903. The van der Waals surface area contributed by atoms with E-state index in [1.165, 1.54) is 0 Å². The van der Waals surface area contributed by atoms with Gasteiger partial charge in [-0.3, -0.25) is 4.98 Å². The van der Waals surface area contributed by atoms with Crippen LogP contribution in [0.25, 0.3) is 0 Å². The summed E-state index contributed by atoms with van der Waals surface area (Å²) in [5, 5.41) is 0.772. The highest BCUT2D eigenvalue weighted by molar-refractivity contribution is 6.31. The molecule has 2 aromatic rings. The first-order valence-electron chi connectivity index (χ1n) is 5.58. The largest absolute Gasteiger partial charge is 0.324 e. The fourth-order valence-corrected chi connectivity index (χ4v) is 2.03. The fourth-order valence-electron chi connectivity index (χ4n) is 1.82. The van der Waals surface area contributed by atoms with Gasteiger partial charge in [-0.2, -0.15) is 0 Å². The van der Waals surface area contributed by atoms with Crippen LogP contribution in [0.3, 0.4) is 0 Å². The van der Waals surface area contributed by atoms with Gasteiger partial charge in [0.25, 0.3) is 0 Å². The monoisotopic (exact) mass is 246 g/mol. The Morgan fingerprint density at radius 3 is 2.76 bits per heavy atom. The lowest BCUT2D eigenvalue weighted by Crippen LogP contribution is -2.13. The SMILES string of the molecule is Cc1cc(C(N)Cc2ccccc2Cl)ccn1. The number of aryl methyl sites for hydroxylation is 1. The minimum absolute atomic E-state index is 0.0448. The van der Waals surface area contributed by atoms with Gasteiger partial charge in [0, 0.05) is 23.0 Å². The maximum atomic E-state index is 6.18. The maximum absolute atomic E-state index is 6.18. The molecule has 1 aromatic heterocycles. The van der Waals surface area contributed by atoms with Crippen molar-refractivity contribution in [1.82, 2.24) is 4.98 Å². The molecule has 1 unspecified atom stereocenters. The summed E-state index contributed by atoms with van der Waals surface area (Å²) < 4.78 is 0. The number of hydrogen-bond donors (Lipinski definition) is 1. The molecule has 0 aliphatic carbocycles. The van der Waals surface area contributed by atoms with Gasteiger partial charge in [-0.25, -0.2) is 0 Å². The average molecular weight is 247 g/mol. The molecule has 3 heteroatoms. The van der Waals surface area contributed by atoms with E-state index in [1.54, 1.807) is 6.20 Å². The van der Waals surface area contributed by atoms with Gasteiger partial charge in [0.15, 0.2) is 0 Å². The lowest BCUT2D eigenvalue weighted by Gasteiger charge is -2.13. The average Bonchev–Trinajstić information content (AvgIpc) is 2.32. The van der Waals surface area contributed by atoms with Gasteiger partial charge in [0.2, 0.25) is 0 Å². The predicted octanol–water partition coefficient (Wildman–Crippen LogP) is 3.29. The molecule has 0 aliphatic heterocycles. The van der Waals surface area contributed by atoms with E-state index in [1.807, 2.05) is 43.3 Å². The third-order valence-electron chi connectivity index (χ3n) is 2.75. The summed E-state index contributed by atoms with van der Waals surface area (Å²) in [7, 11) is 0. The standard InChI is InChI=1S/C14H15ClN2/c1-10-8-12(6-7-17-10)14(16)9-11-4-2-3-5-13(11)15/h2-8,14H,9,16H2,1H3. The number of nitrogens with zero attached hydrogens (tertiary/aromatic N) is 1. The molecule has 2 N–H and O–H groups in total. The maximum Gasteiger partial charge on any atom is 0.0438 e. The smallest absolute Gasteiger partial charge is 0.0438 e. The number of pyridine rings is 1. The van der Waals surface area contributed by atoms with Crippen LogP contribution in [0, 0.1) is 6.92 Å². The Labute approximate surface area is 106 Å². The third kappa shape index (κ3) is 3.05. The molecule has 0 radical (unpaired) electrons. The second-order valence-corrected chi connectivity index (χ2v) is 4.54. The van der Waals surface area contributed by atoms with Crippen molar-refractivity contribution >= 4 is 11.6 Å². The van der Waals surface area contributed by atoms with Gasteiger partial charge in [0.1, 0.15) is 0 Å². The molecule has 1 aromatic carbocycles. The summed E-state index contributed by atoms with van der Waals surface area (Å²) in [6.07, 6.45) is 2.53. The van der Waals surface area contributed by atoms with Crippen molar-refractivity contribution in [3.8, 4) is 0 Å². The number of aromatic nitrogens is 1. The van der Waals surface area contributed by atoms with Crippen molar-refractivity contribution < 1.29 is 0 Å². The second-order valence-electron chi connectivity index (χ2n) is 4.13. The van der Waals surface area contributed by atoms with Crippen LogP contribution < -0.4 is 5.73 Å². The summed E-state index contributed by atoms with van der Waals surface area (Å²) in [6.45, 7) is 1.96. The number of halogens is 1. The van der Waals surface area contributed by atoms with Gasteiger partial charge < -0.3 is 5.73 Å². The molecule has 2 nitrogen and oxygen atoms in total. The van der Waals surface area contributed by atoms with Crippen molar-refractivity contribution in [2.75, 3.05) is 0 Å². The van der Waals surface area contributed by atoms with Crippen LogP contribution in [-0.4, -0.2) is 4.98 Å². The van der Waals surface area contributed by atoms with Crippen molar-refractivity contribution in [3.05, 3.63) is 64.4 Å². The molecule has 1 atom stereocenters. The highest BCUT2D eigenvalue weighted by Gasteiger charge is 2.09. The van der Waals surface area contributed by atoms with Crippen LogP contribution in [0.5, 0.6) is 0 Å². The van der Waals surface area contributed by atoms with E-state index in [-0.39, 0.29) is 6.04 Å². The first kappa shape index (κ1) is 12.1. The molecule has 0 aliphatic rings. The fraction of sp³-hybridized carbons (Fsp3) is 0.214. The Hall–Kier alpha value is -1.38. The van der Waals surface area contributed by atoms with Crippen LogP contribution in [0.2, 0.25) is 5.02 Å². The summed E-state index contributed by atoms with van der Waals surface area (Å²) in [5.41, 5.74) is 9.34. The molecule has 2 rings (SSSR count). The lowest BCUT2D eigenvalue weighted by atomic mass is 10.00. The van der Waals surface area contributed by atoms with Gasteiger partial charge in [-0.05, 0) is 42.7 Å². The van der Waals surface area contributed by atoms with E-state index in [9.17, 15) is 0 Å². The normalized spacial score (nSPS) is 12.4. The topological polar surface area (TPSA) is 38.9 Å². The highest BCUT2D eigenvalue weighted by atomic mass is 35.5. The molecular formula is C14H15ClN2. The van der Waals surface area contributed by atoms with Gasteiger partial charge in [-0.1, -0.05) is 29.8 Å². The van der Waals surface area contributed by atoms with E-state index >= 15 is 0 Å². The zero-order valence-electron chi connectivity index (χ0n) is 9.73. The molecule has 0 saturated heterocycles. The van der Waals surface area contributed by atoms with E-state index in [0.717, 1.165) is 28.3 Å². The summed E-state index contributed by atoms with van der Waals surface area (Å²) in [6, 6.07) is 11.7. The molecular weight excluding hydrogens is 232 g/mol. The zero-order chi connectivity index (χ0) is 12.3. The Morgan fingerprint density at radius 1 is 1.29 bits per heavy atom. The van der Waals surface area contributed by atoms with Crippen LogP contribution in [0.4, 0.5) is 0 Å². The molecule has 0 bridgehead atoms. The van der Waals surface area contributed by atoms with Crippen molar-refractivity contribution in [2.45, 2.75) is 19.4 Å². The summed E-state index contributed by atoms with van der Waals surface area (Å²) in [5.74, 6) is 0. The Morgan fingerprint density at radius 2 is 2.06 bits per heavy atom. The highest BCUT2D eigenvalue weighted by Crippen LogP contribution is 2.21. The predicted molar refractivity (Wildman–Crippen MR) is 71.1 cm³/mol. The van der Waals surface area contributed by atoms with Gasteiger partial charge in [0.05, 0.1) is 0 Å². The van der Waals surface area contributed by atoms with Crippen molar-refractivity contribution in [3.63, 3.8) is 0 Å². The summed E-state index contributed by atoms with van der Waals surface area (Å²) in [4.78, 5) is 4.17. The third-order valence-corrected chi connectivity index (χ3v) is 3.12. The van der Waals surface area contributed by atoms with Crippen LogP contribution in [0.15, 0.2) is 42.6 Å². The first-order chi connectivity index (χ1) is 8.16. The molecule has 0 saturated carbocycles. The molecule has 0 spiro atoms. The van der Waals surface area contributed by atoms with E-state index < -0.39 is 0 Å². The molecule has 0 fully saturated rings. The minimum atomic E-state index is -0.0448. The zero-order valence-corrected chi connectivity index (χ0v) is 10.5. The number of rotatable bonds is 3. The lowest BCUT2D eigenvalue weighted by molar-refractivity contribution is 0.719. The molecule has 17 heavy (non-hydrogen) atoms. The van der Waals surface area contributed by atoms with Gasteiger partial charge >= 0.3 is 0 Å². The Kier molecular flexibility index (Phi) is 3.77. The Balaban J connectivity index is 2.17. The first-order valence-corrected chi connectivity index (χ1v) is 5.96. The number of hydrogen-bond acceptors (Lipinski definition) is 2. The van der Waals surface area contributed by atoms with Crippen LogP contribution in [-0.2, 0) is 6.42 Å². The Bertz CT molecular complexity index is 511. The van der Waals surface area contributed by atoms with Crippen LogP contribution in [0.1, 0.15) is 22.9 Å². The number of benzene rings is 1. The van der Waals surface area contributed by atoms with Gasteiger partial charge in [-0.15, -0.1) is 0 Å². The number of nitrogens with two attached hydrogens (primary N) is 1. The molecule has 1 heterocycles. The van der Waals surface area contributed by atoms with Crippen molar-refractivity contribution in [1.29, 1.82) is 0 Å². The molecule has 88 valence electrons. The van der Waals surface area contributed by atoms with E-state index in [2.05, 4.69) is 4.98 Å². The van der Waals surface area contributed by atoms with E-state index in [4.69, 9.17) is 17.3 Å². The summed E-state index contributed by atoms with van der Waals surface area (Å²) >= 11 is 6.12.